The molecule has 7 nitrogen and oxygen atoms in total. The van der Waals surface area contributed by atoms with E-state index in [0.717, 1.165) is 18.2 Å². The van der Waals surface area contributed by atoms with Crippen LogP contribution in [0.25, 0.3) is 4.96 Å². The van der Waals surface area contributed by atoms with Crippen molar-refractivity contribution in [1.82, 2.24) is 9.38 Å². The average Bonchev–Trinajstić information content (AvgIpc) is 2.98. The second-order valence-electron chi connectivity index (χ2n) is 4.09. The summed E-state index contributed by atoms with van der Waals surface area (Å²) in [6.07, 6.45) is 1.77. The lowest BCUT2D eigenvalue weighted by Gasteiger charge is -2.05. The van der Waals surface area contributed by atoms with E-state index in [9.17, 15) is 14.5 Å². The van der Waals surface area contributed by atoms with Crippen LogP contribution in [0.1, 0.15) is 5.69 Å². The van der Waals surface area contributed by atoms with Crippen molar-refractivity contribution in [2.24, 2.45) is 5.73 Å². The lowest BCUT2D eigenvalue weighted by Crippen LogP contribution is -2.02. The van der Waals surface area contributed by atoms with Crippen LogP contribution >= 0.6 is 11.3 Å². The molecule has 2 N–H and O–H groups in total. The summed E-state index contributed by atoms with van der Waals surface area (Å²) >= 11 is 1.37. The van der Waals surface area contributed by atoms with Crippen molar-refractivity contribution in [2.75, 3.05) is 0 Å². The molecular formula is C12H9FN4O3S. The number of nitrogens with two attached hydrogens (primary N) is 1. The third kappa shape index (κ3) is 2.32. The molecule has 3 aromatic rings. The van der Waals surface area contributed by atoms with Crippen LogP contribution in [0.5, 0.6) is 11.6 Å². The predicted octanol–water partition coefficient (Wildman–Crippen LogP) is 2.69. The number of aromatic nitrogens is 2. The highest BCUT2D eigenvalue weighted by Gasteiger charge is 2.20. The highest BCUT2D eigenvalue weighted by atomic mass is 32.1. The average molecular weight is 308 g/mol. The molecule has 0 saturated heterocycles. The molecule has 2 aromatic heterocycles. The molecule has 1 aromatic carbocycles. The van der Waals surface area contributed by atoms with E-state index in [-0.39, 0.29) is 23.9 Å². The summed E-state index contributed by atoms with van der Waals surface area (Å²) in [6.45, 7) is 0.135. The molecule has 0 unspecified atom stereocenters. The number of rotatable bonds is 4. The van der Waals surface area contributed by atoms with E-state index in [0.29, 0.717) is 10.7 Å². The molecule has 3 rings (SSSR count). The number of nitro groups is 1. The van der Waals surface area contributed by atoms with Crippen LogP contribution in [-0.4, -0.2) is 14.3 Å². The van der Waals surface area contributed by atoms with Crippen molar-refractivity contribution in [3.63, 3.8) is 0 Å². The molecule has 0 spiro atoms. The third-order valence-electron chi connectivity index (χ3n) is 2.84. The standard InChI is InChI=1S/C12H9FN4O3S/c13-7-1-2-8(17(18)19)10(5-7)20-11-9(6-14)16-3-4-21-12(16)15-11/h1-5H,6,14H2. The molecule has 0 aliphatic rings. The summed E-state index contributed by atoms with van der Waals surface area (Å²) in [5, 5.41) is 12.8. The molecule has 21 heavy (non-hydrogen) atoms. The Morgan fingerprint density at radius 1 is 1.52 bits per heavy atom. The highest BCUT2D eigenvalue weighted by Crippen LogP contribution is 2.34. The second-order valence-corrected chi connectivity index (χ2v) is 4.97. The third-order valence-corrected chi connectivity index (χ3v) is 3.60. The van der Waals surface area contributed by atoms with Gasteiger partial charge in [-0.1, -0.05) is 0 Å². The van der Waals surface area contributed by atoms with E-state index in [1.54, 1.807) is 10.6 Å². The maximum absolute atomic E-state index is 13.3. The fourth-order valence-corrected chi connectivity index (χ4v) is 2.63. The second kappa shape index (κ2) is 5.11. The first-order chi connectivity index (χ1) is 10.1. The van der Waals surface area contributed by atoms with Crippen molar-refractivity contribution < 1.29 is 14.1 Å². The maximum atomic E-state index is 13.3. The summed E-state index contributed by atoms with van der Waals surface area (Å²) in [5.41, 5.74) is 5.88. The first-order valence-corrected chi connectivity index (χ1v) is 6.74. The molecule has 2 heterocycles. The zero-order chi connectivity index (χ0) is 15.0. The van der Waals surface area contributed by atoms with E-state index in [2.05, 4.69) is 4.98 Å². The van der Waals surface area contributed by atoms with Gasteiger partial charge in [-0.15, -0.1) is 11.3 Å². The van der Waals surface area contributed by atoms with Crippen LogP contribution in [0, 0.1) is 15.9 Å². The first-order valence-electron chi connectivity index (χ1n) is 5.86. The molecular weight excluding hydrogens is 299 g/mol. The fourth-order valence-electron chi connectivity index (χ4n) is 1.90. The van der Waals surface area contributed by atoms with Crippen LogP contribution in [0.15, 0.2) is 29.8 Å². The summed E-state index contributed by atoms with van der Waals surface area (Å²) < 4.78 is 20.4. The van der Waals surface area contributed by atoms with Gasteiger partial charge in [0.2, 0.25) is 11.6 Å². The van der Waals surface area contributed by atoms with Crippen LogP contribution < -0.4 is 10.5 Å². The number of imidazole rings is 1. The molecule has 108 valence electrons. The first kappa shape index (κ1) is 13.5. The molecule has 9 heteroatoms. The zero-order valence-electron chi connectivity index (χ0n) is 10.5. The van der Waals surface area contributed by atoms with Crippen LogP contribution in [0.2, 0.25) is 0 Å². The Morgan fingerprint density at radius 2 is 2.33 bits per heavy atom. The van der Waals surface area contributed by atoms with E-state index in [1.807, 2.05) is 5.38 Å². The predicted molar refractivity (Wildman–Crippen MR) is 74.1 cm³/mol. The van der Waals surface area contributed by atoms with Crippen molar-refractivity contribution >= 4 is 22.0 Å². The van der Waals surface area contributed by atoms with E-state index in [4.69, 9.17) is 10.5 Å². The van der Waals surface area contributed by atoms with Crippen LogP contribution in [0.4, 0.5) is 10.1 Å². The number of ether oxygens (including phenoxy) is 1. The molecule has 0 aliphatic heterocycles. The summed E-state index contributed by atoms with van der Waals surface area (Å²) in [6, 6.07) is 3.00. The lowest BCUT2D eigenvalue weighted by atomic mass is 10.3. The normalized spacial score (nSPS) is 11.0. The molecule has 0 fully saturated rings. The Kier molecular flexibility index (Phi) is 3.28. The number of hydrogen-bond donors (Lipinski definition) is 1. The van der Waals surface area contributed by atoms with Crippen molar-refractivity contribution in [2.45, 2.75) is 6.54 Å². The number of halogens is 1. The fraction of sp³-hybridized carbons (Fsp3) is 0.0833. The van der Waals surface area contributed by atoms with Crippen LogP contribution in [-0.2, 0) is 6.54 Å². The SMILES string of the molecule is NCc1c(Oc2cc(F)ccc2[N+](=O)[O-])nc2sccn12. The maximum Gasteiger partial charge on any atom is 0.311 e. The summed E-state index contributed by atoms with van der Waals surface area (Å²) in [5.74, 6) is -0.704. The van der Waals surface area contributed by atoms with E-state index >= 15 is 0 Å². The van der Waals surface area contributed by atoms with Gasteiger partial charge in [-0.2, -0.15) is 4.98 Å². The van der Waals surface area contributed by atoms with Gasteiger partial charge in [0.15, 0.2) is 4.96 Å². The number of fused-ring (bicyclic) bond motifs is 1. The summed E-state index contributed by atoms with van der Waals surface area (Å²) in [7, 11) is 0. The molecule has 0 amide bonds. The molecule has 0 bridgehead atoms. The smallest absolute Gasteiger partial charge is 0.311 e. The molecule has 0 atom stereocenters. The van der Waals surface area contributed by atoms with Gasteiger partial charge in [0.05, 0.1) is 4.92 Å². The van der Waals surface area contributed by atoms with Crippen molar-refractivity contribution in [1.29, 1.82) is 0 Å². The number of nitrogens with zero attached hydrogens (tertiary/aromatic N) is 3. The monoisotopic (exact) mass is 308 g/mol. The van der Waals surface area contributed by atoms with Gasteiger partial charge in [0.25, 0.3) is 0 Å². The van der Waals surface area contributed by atoms with Crippen molar-refractivity contribution in [3.8, 4) is 11.6 Å². The minimum atomic E-state index is -0.644. The Balaban J connectivity index is 2.07. The number of benzene rings is 1. The van der Waals surface area contributed by atoms with Gasteiger partial charge in [-0.05, 0) is 6.07 Å². The highest BCUT2D eigenvalue weighted by molar-refractivity contribution is 7.15. The minimum Gasteiger partial charge on any atom is -0.430 e. The summed E-state index contributed by atoms with van der Waals surface area (Å²) in [4.78, 5) is 15.2. The van der Waals surface area contributed by atoms with Gasteiger partial charge in [0, 0.05) is 30.3 Å². The number of nitro benzene ring substituents is 1. The zero-order valence-corrected chi connectivity index (χ0v) is 11.3. The molecule has 0 saturated carbocycles. The Bertz CT molecular complexity index is 829. The van der Waals surface area contributed by atoms with Gasteiger partial charge < -0.3 is 10.5 Å². The van der Waals surface area contributed by atoms with Gasteiger partial charge in [0.1, 0.15) is 11.5 Å². The number of thiazole rings is 1. The topological polar surface area (TPSA) is 95.7 Å². The largest absolute Gasteiger partial charge is 0.430 e. The Hall–Kier alpha value is -2.52. The van der Waals surface area contributed by atoms with E-state index < -0.39 is 10.7 Å². The Labute approximate surface area is 121 Å². The number of hydrogen-bond acceptors (Lipinski definition) is 6. The van der Waals surface area contributed by atoms with Gasteiger partial charge in [-0.25, -0.2) is 4.39 Å². The van der Waals surface area contributed by atoms with Crippen LogP contribution in [0.3, 0.4) is 0 Å². The Morgan fingerprint density at radius 3 is 3.05 bits per heavy atom. The van der Waals surface area contributed by atoms with Gasteiger partial charge >= 0.3 is 5.69 Å². The van der Waals surface area contributed by atoms with Crippen molar-refractivity contribution in [3.05, 3.63) is 51.4 Å². The molecule has 0 radical (unpaired) electrons. The quantitative estimate of drug-likeness (QED) is 0.590. The van der Waals surface area contributed by atoms with Gasteiger partial charge in [-0.3, -0.25) is 14.5 Å². The molecule has 0 aliphatic carbocycles. The lowest BCUT2D eigenvalue weighted by molar-refractivity contribution is -0.385. The van der Waals surface area contributed by atoms with E-state index in [1.165, 1.54) is 11.3 Å². The minimum absolute atomic E-state index is 0.135.